The molecule has 1 amide bonds. The fourth-order valence-corrected chi connectivity index (χ4v) is 4.92. The van der Waals surface area contributed by atoms with Crippen molar-refractivity contribution in [2.75, 3.05) is 19.6 Å². The number of hydrogen-bond acceptors (Lipinski definition) is 4. The van der Waals surface area contributed by atoms with Crippen LogP contribution in [0.2, 0.25) is 0 Å². The van der Waals surface area contributed by atoms with Gasteiger partial charge >= 0.3 is 5.97 Å². The van der Waals surface area contributed by atoms with Gasteiger partial charge in [-0.3, -0.25) is 9.59 Å². The smallest absolute Gasteiger partial charge is 0.307 e. The van der Waals surface area contributed by atoms with Crippen LogP contribution in [0, 0.1) is 5.92 Å². The lowest BCUT2D eigenvalue weighted by Gasteiger charge is -2.35. The molecule has 0 radical (unpaired) electrons. The highest BCUT2D eigenvalue weighted by Crippen LogP contribution is 2.28. The lowest BCUT2D eigenvalue weighted by Crippen LogP contribution is -2.47. The fourth-order valence-electron chi connectivity index (χ4n) is 3.21. The standard InChI is InChI=1S/C18H26N2O5S/c1-4-19(5-2)17(21)14-8-10-16(11-9-14)26(24,25)20-12-15(18(22)23)7-6-13(20)3/h8-11,13,15H,4-7,12H2,1-3H3,(H,22,23). The lowest BCUT2D eigenvalue weighted by atomic mass is 9.96. The first kappa shape index (κ1) is 20.4. The van der Waals surface area contributed by atoms with Crippen molar-refractivity contribution in [1.82, 2.24) is 9.21 Å². The van der Waals surface area contributed by atoms with Crippen molar-refractivity contribution in [3.8, 4) is 0 Å². The quantitative estimate of drug-likeness (QED) is 0.812. The molecule has 1 aliphatic heterocycles. The van der Waals surface area contributed by atoms with Gasteiger partial charge in [0.25, 0.3) is 5.91 Å². The first-order chi connectivity index (χ1) is 12.2. The Hall–Kier alpha value is -1.93. The zero-order valence-electron chi connectivity index (χ0n) is 15.4. The molecular weight excluding hydrogens is 356 g/mol. The Balaban J connectivity index is 2.26. The van der Waals surface area contributed by atoms with E-state index in [0.29, 0.717) is 31.5 Å². The van der Waals surface area contributed by atoms with Crippen molar-refractivity contribution in [3.05, 3.63) is 29.8 Å². The van der Waals surface area contributed by atoms with Crippen molar-refractivity contribution >= 4 is 21.9 Å². The highest BCUT2D eigenvalue weighted by molar-refractivity contribution is 7.89. The molecule has 1 heterocycles. The number of carboxylic acids is 1. The molecule has 7 nitrogen and oxygen atoms in total. The molecule has 8 heteroatoms. The summed E-state index contributed by atoms with van der Waals surface area (Å²) in [6.45, 7) is 6.69. The summed E-state index contributed by atoms with van der Waals surface area (Å²) in [5, 5.41) is 9.21. The molecule has 144 valence electrons. The van der Waals surface area contributed by atoms with Crippen LogP contribution in [0.3, 0.4) is 0 Å². The molecule has 0 saturated carbocycles. The highest BCUT2D eigenvalue weighted by Gasteiger charge is 2.37. The Morgan fingerprint density at radius 3 is 2.23 bits per heavy atom. The van der Waals surface area contributed by atoms with Gasteiger partial charge in [-0.1, -0.05) is 0 Å². The van der Waals surface area contributed by atoms with E-state index in [2.05, 4.69) is 0 Å². The topological polar surface area (TPSA) is 95.0 Å². The van der Waals surface area contributed by atoms with Crippen molar-refractivity contribution in [2.45, 2.75) is 44.6 Å². The van der Waals surface area contributed by atoms with Gasteiger partial charge in [-0.25, -0.2) is 8.42 Å². The second-order valence-corrected chi connectivity index (χ2v) is 8.43. The number of rotatable bonds is 6. The molecule has 1 fully saturated rings. The number of nitrogens with zero attached hydrogens (tertiary/aromatic N) is 2. The lowest BCUT2D eigenvalue weighted by molar-refractivity contribution is -0.143. The average Bonchev–Trinajstić information content (AvgIpc) is 2.62. The van der Waals surface area contributed by atoms with Crippen molar-refractivity contribution < 1.29 is 23.1 Å². The van der Waals surface area contributed by atoms with Crippen LogP contribution in [0.1, 0.15) is 44.0 Å². The number of carbonyl (C=O) groups excluding carboxylic acids is 1. The van der Waals surface area contributed by atoms with Gasteiger partial charge in [-0.15, -0.1) is 0 Å². The maximum absolute atomic E-state index is 12.9. The Morgan fingerprint density at radius 1 is 1.15 bits per heavy atom. The first-order valence-corrected chi connectivity index (χ1v) is 10.3. The molecule has 0 bridgehead atoms. The molecule has 1 aromatic rings. The van der Waals surface area contributed by atoms with Crippen LogP contribution < -0.4 is 0 Å². The summed E-state index contributed by atoms with van der Waals surface area (Å²) in [6.07, 6.45) is 0.981. The summed E-state index contributed by atoms with van der Waals surface area (Å²) in [5.41, 5.74) is 0.433. The first-order valence-electron chi connectivity index (χ1n) is 8.86. The van der Waals surface area contributed by atoms with Crippen LogP contribution in [-0.2, 0) is 14.8 Å². The Labute approximate surface area is 154 Å². The van der Waals surface area contributed by atoms with E-state index in [1.165, 1.54) is 28.6 Å². The normalized spacial score (nSPS) is 21.3. The molecule has 1 aliphatic rings. The molecule has 0 aliphatic carbocycles. The maximum atomic E-state index is 12.9. The van der Waals surface area contributed by atoms with Crippen LogP contribution in [0.15, 0.2) is 29.2 Å². The van der Waals surface area contributed by atoms with E-state index >= 15 is 0 Å². The number of amides is 1. The van der Waals surface area contributed by atoms with Crippen molar-refractivity contribution in [1.29, 1.82) is 0 Å². The Bertz CT molecular complexity index is 756. The zero-order valence-corrected chi connectivity index (χ0v) is 16.2. The summed E-state index contributed by atoms with van der Waals surface area (Å²) < 4.78 is 27.1. The van der Waals surface area contributed by atoms with E-state index in [1.54, 1.807) is 11.8 Å². The van der Waals surface area contributed by atoms with Crippen LogP contribution in [0.5, 0.6) is 0 Å². The maximum Gasteiger partial charge on any atom is 0.307 e. The second-order valence-electron chi connectivity index (χ2n) is 6.54. The number of piperidine rings is 1. The van der Waals surface area contributed by atoms with E-state index in [4.69, 9.17) is 0 Å². The van der Waals surface area contributed by atoms with Crippen molar-refractivity contribution in [3.63, 3.8) is 0 Å². The molecule has 1 saturated heterocycles. The van der Waals surface area contributed by atoms with E-state index in [1.807, 2.05) is 13.8 Å². The van der Waals surface area contributed by atoms with E-state index in [9.17, 15) is 23.1 Å². The minimum Gasteiger partial charge on any atom is -0.481 e. The Morgan fingerprint density at radius 2 is 1.73 bits per heavy atom. The SMILES string of the molecule is CCN(CC)C(=O)c1ccc(S(=O)(=O)N2CC(C(=O)O)CCC2C)cc1. The monoisotopic (exact) mass is 382 g/mol. The molecule has 2 rings (SSSR count). The fraction of sp³-hybridized carbons (Fsp3) is 0.556. The molecule has 0 aromatic heterocycles. The molecule has 1 N–H and O–H groups in total. The summed E-state index contributed by atoms with van der Waals surface area (Å²) in [5.74, 6) is -1.81. The molecule has 0 spiro atoms. The third kappa shape index (κ3) is 4.07. The second kappa shape index (κ2) is 8.18. The largest absolute Gasteiger partial charge is 0.481 e. The van der Waals surface area contributed by atoms with Gasteiger partial charge in [0.05, 0.1) is 10.8 Å². The number of sulfonamides is 1. The van der Waals surface area contributed by atoms with Gasteiger partial charge in [0, 0.05) is 31.2 Å². The number of benzene rings is 1. The summed E-state index contributed by atoms with van der Waals surface area (Å²) in [6, 6.07) is 5.60. The predicted molar refractivity (Wildman–Crippen MR) is 97.4 cm³/mol. The molecule has 2 unspecified atom stereocenters. The highest BCUT2D eigenvalue weighted by atomic mass is 32.2. The van der Waals surface area contributed by atoms with Gasteiger partial charge in [-0.05, 0) is 57.9 Å². The van der Waals surface area contributed by atoms with E-state index in [0.717, 1.165) is 0 Å². The number of carboxylic acid groups (broad SMARTS) is 1. The molecular formula is C18H26N2O5S. The number of hydrogen-bond donors (Lipinski definition) is 1. The number of carbonyl (C=O) groups is 2. The van der Waals surface area contributed by atoms with Gasteiger partial charge in [0.15, 0.2) is 0 Å². The summed E-state index contributed by atoms with van der Waals surface area (Å²) >= 11 is 0. The summed E-state index contributed by atoms with van der Waals surface area (Å²) in [7, 11) is -3.81. The number of aliphatic carboxylic acids is 1. The molecule has 26 heavy (non-hydrogen) atoms. The van der Waals surface area contributed by atoms with Crippen LogP contribution in [0.25, 0.3) is 0 Å². The minimum atomic E-state index is -3.81. The van der Waals surface area contributed by atoms with Crippen LogP contribution >= 0.6 is 0 Å². The Kier molecular flexibility index (Phi) is 6.41. The van der Waals surface area contributed by atoms with Crippen LogP contribution in [0.4, 0.5) is 0 Å². The van der Waals surface area contributed by atoms with Gasteiger partial charge in [0.1, 0.15) is 0 Å². The van der Waals surface area contributed by atoms with Crippen LogP contribution in [-0.4, -0.2) is 60.3 Å². The minimum absolute atomic E-state index is 0.0288. The predicted octanol–water partition coefficient (Wildman–Crippen LogP) is 2.04. The van der Waals surface area contributed by atoms with Gasteiger partial charge in [-0.2, -0.15) is 4.31 Å². The third-order valence-electron chi connectivity index (χ3n) is 4.93. The van der Waals surface area contributed by atoms with E-state index < -0.39 is 21.9 Å². The summed E-state index contributed by atoms with van der Waals surface area (Å²) in [4.78, 5) is 25.3. The van der Waals surface area contributed by atoms with Gasteiger partial charge in [0.2, 0.25) is 10.0 Å². The van der Waals surface area contributed by atoms with Gasteiger partial charge < -0.3 is 10.0 Å². The zero-order chi connectivity index (χ0) is 19.5. The van der Waals surface area contributed by atoms with Crippen molar-refractivity contribution in [2.24, 2.45) is 5.92 Å². The third-order valence-corrected chi connectivity index (χ3v) is 6.93. The van der Waals surface area contributed by atoms with E-state index in [-0.39, 0.29) is 23.4 Å². The molecule has 1 aromatic carbocycles. The molecule has 2 atom stereocenters. The average molecular weight is 382 g/mol.